The number of aromatic amines is 1. The van der Waals surface area contributed by atoms with Crippen LogP contribution in [0.25, 0.3) is 10.9 Å². The second-order valence-electron chi connectivity index (χ2n) is 4.87. The fourth-order valence-corrected chi connectivity index (χ4v) is 3.08. The number of hydrogen-bond donors (Lipinski definition) is 2. The molecule has 0 bridgehead atoms. The molecule has 0 spiro atoms. The highest BCUT2D eigenvalue weighted by Gasteiger charge is 2.34. The number of carbonyl (C=O) groups is 1. The summed E-state index contributed by atoms with van der Waals surface area (Å²) in [5.74, 6) is -0.363. The summed E-state index contributed by atoms with van der Waals surface area (Å²) in [7, 11) is 0. The Morgan fingerprint density at radius 1 is 1.40 bits per heavy atom. The van der Waals surface area contributed by atoms with Gasteiger partial charge in [0.05, 0.1) is 22.6 Å². The van der Waals surface area contributed by atoms with Crippen LogP contribution >= 0.6 is 23.2 Å². The number of alkyl halides is 1. The zero-order valence-electron chi connectivity index (χ0n) is 10.4. The first kappa shape index (κ1) is 13.7. The van der Waals surface area contributed by atoms with Crippen molar-refractivity contribution >= 4 is 40.0 Å². The maximum atomic E-state index is 13.4. The minimum atomic E-state index is -1.20. The molecule has 2 aromatic rings. The van der Waals surface area contributed by atoms with E-state index in [1.807, 2.05) is 0 Å². The van der Waals surface area contributed by atoms with Gasteiger partial charge < -0.3 is 15.6 Å². The Bertz CT molecular complexity index is 678. The van der Waals surface area contributed by atoms with Crippen molar-refractivity contribution in [3.8, 4) is 0 Å². The summed E-state index contributed by atoms with van der Waals surface area (Å²) < 4.78 is 13.4. The van der Waals surface area contributed by atoms with E-state index in [4.69, 9.17) is 28.9 Å². The van der Waals surface area contributed by atoms with Crippen LogP contribution in [0, 0.1) is 0 Å². The Morgan fingerprint density at radius 2 is 2.15 bits per heavy atom. The molecular weight excluding hydrogens is 304 g/mol. The molecular formula is C13H12Cl2FN3O. The van der Waals surface area contributed by atoms with E-state index in [-0.39, 0.29) is 29.7 Å². The lowest BCUT2D eigenvalue weighted by Gasteiger charge is -2.14. The number of carbonyl (C=O) groups excluding carboxylic acids is 1. The molecule has 2 atom stereocenters. The maximum absolute atomic E-state index is 13.4. The van der Waals surface area contributed by atoms with E-state index in [0.29, 0.717) is 15.9 Å². The Balaban J connectivity index is 2.01. The van der Waals surface area contributed by atoms with Crippen molar-refractivity contribution in [1.82, 2.24) is 9.88 Å². The lowest BCUT2D eigenvalue weighted by Crippen LogP contribution is -2.32. The standard InChI is InChI=1S/C13H12Cl2FN3O/c14-6-2-1-3-9-10(6)11(15)12(18-9)13(20)19-4-7(16)8(17)5-19/h1-3,7-8,18H,4-5,17H2/t7-,8+/m1/s1. The van der Waals surface area contributed by atoms with E-state index in [0.717, 1.165) is 0 Å². The topological polar surface area (TPSA) is 62.1 Å². The van der Waals surface area contributed by atoms with Gasteiger partial charge in [0, 0.05) is 17.4 Å². The molecule has 0 saturated carbocycles. The second-order valence-corrected chi connectivity index (χ2v) is 5.65. The number of H-pyrrole nitrogens is 1. The van der Waals surface area contributed by atoms with Gasteiger partial charge >= 0.3 is 0 Å². The van der Waals surface area contributed by atoms with Gasteiger partial charge in [-0.25, -0.2) is 4.39 Å². The summed E-state index contributed by atoms with van der Waals surface area (Å²) >= 11 is 12.3. The predicted molar refractivity (Wildman–Crippen MR) is 77.1 cm³/mol. The van der Waals surface area contributed by atoms with Crippen LogP contribution in [0.5, 0.6) is 0 Å². The van der Waals surface area contributed by atoms with Crippen LogP contribution in [-0.4, -0.2) is 41.1 Å². The van der Waals surface area contributed by atoms with Gasteiger partial charge in [0.25, 0.3) is 5.91 Å². The molecule has 1 saturated heterocycles. The summed E-state index contributed by atoms with van der Waals surface area (Å²) in [6.45, 7) is 0.166. The first-order valence-corrected chi connectivity index (χ1v) is 6.89. The van der Waals surface area contributed by atoms with E-state index in [1.165, 1.54) is 4.90 Å². The van der Waals surface area contributed by atoms with Crippen molar-refractivity contribution in [3.63, 3.8) is 0 Å². The maximum Gasteiger partial charge on any atom is 0.272 e. The Kier molecular flexibility index (Phi) is 3.36. The normalized spacial score (nSPS) is 22.7. The monoisotopic (exact) mass is 315 g/mol. The molecule has 0 unspecified atom stereocenters. The Hall–Kier alpha value is -1.30. The number of nitrogens with two attached hydrogens (primary N) is 1. The zero-order valence-corrected chi connectivity index (χ0v) is 11.9. The number of hydrogen-bond acceptors (Lipinski definition) is 2. The van der Waals surface area contributed by atoms with Crippen LogP contribution in [0.4, 0.5) is 4.39 Å². The predicted octanol–water partition coefficient (Wildman–Crippen LogP) is 2.60. The fraction of sp³-hybridized carbons (Fsp3) is 0.308. The second kappa shape index (κ2) is 4.91. The van der Waals surface area contributed by atoms with Crippen molar-refractivity contribution in [3.05, 3.63) is 33.9 Å². The molecule has 2 heterocycles. The number of benzene rings is 1. The van der Waals surface area contributed by atoms with Crippen LogP contribution in [0.15, 0.2) is 18.2 Å². The molecule has 1 aliphatic heterocycles. The highest BCUT2D eigenvalue weighted by molar-refractivity contribution is 6.44. The van der Waals surface area contributed by atoms with Gasteiger partial charge in [0.2, 0.25) is 0 Å². The van der Waals surface area contributed by atoms with Crippen LogP contribution in [0.3, 0.4) is 0 Å². The van der Waals surface area contributed by atoms with E-state index in [1.54, 1.807) is 18.2 Å². The molecule has 0 radical (unpaired) electrons. The van der Waals surface area contributed by atoms with Gasteiger partial charge in [0.1, 0.15) is 11.9 Å². The number of nitrogens with zero attached hydrogens (tertiary/aromatic N) is 1. The van der Waals surface area contributed by atoms with E-state index < -0.39 is 12.2 Å². The summed E-state index contributed by atoms with van der Waals surface area (Å²) in [5.41, 5.74) is 6.48. The van der Waals surface area contributed by atoms with Crippen LogP contribution < -0.4 is 5.73 Å². The smallest absolute Gasteiger partial charge is 0.272 e. The molecule has 1 aliphatic rings. The molecule has 4 nitrogen and oxygen atoms in total. The van der Waals surface area contributed by atoms with Gasteiger partial charge in [-0.05, 0) is 12.1 Å². The van der Waals surface area contributed by atoms with E-state index in [9.17, 15) is 9.18 Å². The number of likely N-dealkylation sites (tertiary alicyclic amines) is 1. The molecule has 1 aromatic heterocycles. The Morgan fingerprint density at radius 3 is 2.75 bits per heavy atom. The van der Waals surface area contributed by atoms with Crippen LogP contribution in [-0.2, 0) is 0 Å². The first-order valence-electron chi connectivity index (χ1n) is 6.13. The highest BCUT2D eigenvalue weighted by Crippen LogP contribution is 2.34. The summed E-state index contributed by atoms with van der Waals surface area (Å²) in [6, 6.07) is 4.58. The fourth-order valence-electron chi connectivity index (χ4n) is 2.43. The molecule has 1 amide bonds. The number of nitrogens with one attached hydrogen (secondary N) is 1. The summed E-state index contributed by atoms with van der Waals surface area (Å²) in [4.78, 5) is 16.7. The van der Waals surface area contributed by atoms with Gasteiger partial charge in [-0.1, -0.05) is 29.3 Å². The van der Waals surface area contributed by atoms with Crippen molar-refractivity contribution in [2.75, 3.05) is 13.1 Å². The van der Waals surface area contributed by atoms with Crippen LogP contribution in [0.1, 0.15) is 10.5 Å². The quantitative estimate of drug-likeness (QED) is 0.849. The van der Waals surface area contributed by atoms with Gasteiger partial charge in [0.15, 0.2) is 0 Å². The lowest BCUT2D eigenvalue weighted by atomic mass is 10.2. The van der Waals surface area contributed by atoms with E-state index >= 15 is 0 Å². The molecule has 3 N–H and O–H groups in total. The average molecular weight is 316 g/mol. The third-order valence-corrected chi connectivity index (χ3v) is 4.20. The van der Waals surface area contributed by atoms with Crippen molar-refractivity contribution in [1.29, 1.82) is 0 Å². The summed E-state index contributed by atoms with van der Waals surface area (Å²) in [6.07, 6.45) is -1.20. The average Bonchev–Trinajstić information content (AvgIpc) is 2.91. The van der Waals surface area contributed by atoms with Gasteiger partial charge in [-0.3, -0.25) is 4.79 Å². The number of amides is 1. The van der Waals surface area contributed by atoms with Gasteiger partial charge in [-0.15, -0.1) is 0 Å². The number of halogens is 3. The molecule has 20 heavy (non-hydrogen) atoms. The van der Waals surface area contributed by atoms with Crippen LogP contribution in [0.2, 0.25) is 10.0 Å². The number of rotatable bonds is 1. The van der Waals surface area contributed by atoms with Crippen molar-refractivity contribution in [2.45, 2.75) is 12.2 Å². The molecule has 1 aromatic carbocycles. The van der Waals surface area contributed by atoms with Gasteiger partial charge in [-0.2, -0.15) is 0 Å². The third kappa shape index (κ3) is 2.06. The molecule has 106 valence electrons. The zero-order chi connectivity index (χ0) is 14.4. The molecule has 7 heteroatoms. The van der Waals surface area contributed by atoms with E-state index in [2.05, 4.69) is 4.98 Å². The van der Waals surface area contributed by atoms with Crippen molar-refractivity contribution in [2.24, 2.45) is 5.73 Å². The number of fused-ring (bicyclic) bond motifs is 1. The van der Waals surface area contributed by atoms with Crippen molar-refractivity contribution < 1.29 is 9.18 Å². The lowest BCUT2D eigenvalue weighted by molar-refractivity contribution is 0.0777. The third-order valence-electron chi connectivity index (χ3n) is 3.50. The largest absolute Gasteiger partial charge is 0.349 e. The highest BCUT2D eigenvalue weighted by atomic mass is 35.5. The summed E-state index contributed by atoms with van der Waals surface area (Å²) in [5, 5.41) is 1.32. The molecule has 3 rings (SSSR count). The number of aromatic nitrogens is 1. The molecule has 0 aliphatic carbocycles. The first-order chi connectivity index (χ1) is 9.49. The SMILES string of the molecule is N[C@H]1CN(C(=O)c2[nH]c3cccc(Cl)c3c2Cl)C[C@H]1F. The Labute approximate surface area is 124 Å². The minimum absolute atomic E-state index is 0.0145. The minimum Gasteiger partial charge on any atom is -0.349 e. The molecule has 1 fully saturated rings.